The maximum Gasteiger partial charge on any atom is 0.341 e. The van der Waals surface area contributed by atoms with Gasteiger partial charge in [0.2, 0.25) is 0 Å². The van der Waals surface area contributed by atoms with E-state index in [0.717, 1.165) is 0 Å². The largest absolute Gasteiger partial charge is 0.482 e. The highest BCUT2D eigenvalue weighted by atomic mass is 32.2. The van der Waals surface area contributed by atoms with Gasteiger partial charge in [0.15, 0.2) is 16.4 Å². The molecular formula is C19H21NO6S. The fraction of sp³-hybridized carbons (Fsp3) is 0.263. The summed E-state index contributed by atoms with van der Waals surface area (Å²) in [6.07, 6.45) is 0. The zero-order chi connectivity index (χ0) is 20.0. The number of sulfone groups is 1. The number of carbonyl (C=O) groups excluding carboxylic acids is 1. The van der Waals surface area contributed by atoms with Crippen molar-refractivity contribution in [3.8, 4) is 5.75 Å². The van der Waals surface area contributed by atoms with Crippen molar-refractivity contribution in [2.24, 2.45) is 0 Å². The van der Waals surface area contributed by atoms with Crippen LogP contribution in [-0.4, -0.2) is 37.3 Å². The summed E-state index contributed by atoms with van der Waals surface area (Å²) in [4.78, 5) is 23.0. The van der Waals surface area contributed by atoms with E-state index in [1.165, 1.54) is 6.07 Å². The molecule has 8 heteroatoms. The summed E-state index contributed by atoms with van der Waals surface area (Å²) in [5.74, 6) is -1.37. The Kier molecular flexibility index (Phi) is 6.57. The smallest absolute Gasteiger partial charge is 0.341 e. The van der Waals surface area contributed by atoms with Crippen LogP contribution in [0.2, 0.25) is 0 Å². The van der Waals surface area contributed by atoms with E-state index in [2.05, 4.69) is 5.32 Å². The van der Waals surface area contributed by atoms with E-state index in [9.17, 15) is 18.0 Å². The fourth-order valence-electron chi connectivity index (χ4n) is 2.21. The molecule has 0 bridgehead atoms. The molecule has 27 heavy (non-hydrogen) atoms. The van der Waals surface area contributed by atoms with E-state index in [1.54, 1.807) is 56.3 Å². The van der Waals surface area contributed by atoms with Gasteiger partial charge in [-0.25, -0.2) is 13.2 Å². The van der Waals surface area contributed by atoms with Crippen molar-refractivity contribution in [1.29, 1.82) is 0 Å². The number of nitrogens with one attached hydrogen (secondary N) is 1. The van der Waals surface area contributed by atoms with E-state index in [4.69, 9.17) is 9.84 Å². The Bertz CT molecular complexity index is 937. The summed E-state index contributed by atoms with van der Waals surface area (Å²) in [5.41, 5.74) is 1.34. The molecule has 2 aromatic rings. The van der Waals surface area contributed by atoms with Crippen LogP contribution in [-0.2, 0) is 20.4 Å². The minimum Gasteiger partial charge on any atom is -0.482 e. The first-order valence-electron chi connectivity index (χ1n) is 8.24. The van der Waals surface area contributed by atoms with Gasteiger partial charge in [-0.3, -0.25) is 4.79 Å². The van der Waals surface area contributed by atoms with Crippen LogP contribution in [0.3, 0.4) is 0 Å². The molecule has 0 aliphatic carbocycles. The van der Waals surface area contributed by atoms with E-state index in [0.29, 0.717) is 11.3 Å². The number of hydrogen-bond donors (Lipinski definition) is 2. The number of carboxylic acids is 1. The van der Waals surface area contributed by atoms with E-state index < -0.39 is 33.6 Å². The minimum atomic E-state index is -3.24. The normalized spacial score (nSPS) is 11.2. The van der Waals surface area contributed by atoms with Crippen molar-refractivity contribution in [2.45, 2.75) is 24.9 Å². The molecular weight excluding hydrogens is 370 g/mol. The van der Waals surface area contributed by atoms with E-state index in [1.807, 2.05) is 0 Å². The standard InChI is InChI=1S/C19H21NO6S/c1-13(2)27(24,25)12-14-5-3-7-16(9-14)20-19(23)15-6-4-8-17(10-15)26-11-18(21)22/h3-10,13H,11-12H2,1-2H3,(H,20,23)(H,21,22). The summed E-state index contributed by atoms with van der Waals surface area (Å²) < 4.78 is 29.2. The third-order valence-electron chi connectivity index (χ3n) is 3.73. The summed E-state index contributed by atoms with van der Waals surface area (Å²) in [6.45, 7) is 2.75. The second-order valence-corrected chi connectivity index (χ2v) is 8.78. The number of ether oxygens (including phenoxy) is 1. The van der Waals surface area contributed by atoms with Crippen LogP contribution in [0.1, 0.15) is 29.8 Å². The van der Waals surface area contributed by atoms with Gasteiger partial charge in [0.05, 0.1) is 11.0 Å². The second-order valence-electron chi connectivity index (χ2n) is 6.22. The molecule has 144 valence electrons. The molecule has 1 amide bonds. The van der Waals surface area contributed by atoms with Crippen molar-refractivity contribution in [3.63, 3.8) is 0 Å². The van der Waals surface area contributed by atoms with Gasteiger partial charge in [-0.2, -0.15) is 0 Å². The molecule has 0 saturated heterocycles. The molecule has 0 unspecified atom stereocenters. The molecule has 2 aromatic carbocycles. The fourth-order valence-corrected chi connectivity index (χ4v) is 3.19. The molecule has 7 nitrogen and oxygen atoms in total. The lowest BCUT2D eigenvalue weighted by Crippen LogP contribution is -2.16. The molecule has 2 rings (SSSR count). The lowest BCUT2D eigenvalue weighted by atomic mass is 10.2. The zero-order valence-electron chi connectivity index (χ0n) is 15.0. The van der Waals surface area contributed by atoms with Gasteiger partial charge in [0.25, 0.3) is 5.91 Å². The first-order valence-corrected chi connectivity index (χ1v) is 9.95. The molecule has 0 aliphatic rings. The Morgan fingerprint density at radius 3 is 2.48 bits per heavy atom. The van der Waals surface area contributed by atoms with E-state index >= 15 is 0 Å². The second kappa shape index (κ2) is 8.68. The number of anilines is 1. The quantitative estimate of drug-likeness (QED) is 0.716. The lowest BCUT2D eigenvalue weighted by Gasteiger charge is -2.10. The summed E-state index contributed by atoms with van der Waals surface area (Å²) in [7, 11) is -3.24. The van der Waals surface area contributed by atoms with Crippen molar-refractivity contribution in [3.05, 3.63) is 59.7 Å². The van der Waals surface area contributed by atoms with E-state index in [-0.39, 0.29) is 17.1 Å². The number of aliphatic carboxylic acids is 1. The molecule has 0 aromatic heterocycles. The summed E-state index contributed by atoms with van der Waals surface area (Å²) in [5, 5.41) is 10.9. The Labute approximate surface area is 157 Å². The number of carbonyl (C=O) groups is 2. The molecule has 0 saturated carbocycles. The Hall–Kier alpha value is -2.87. The lowest BCUT2D eigenvalue weighted by molar-refractivity contribution is -0.139. The van der Waals surface area contributed by atoms with Crippen molar-refractivity contribution < 1.29 is 27.9 Å². The molecule has 0 heterocycles. The number of benzene rings is 2. The predicted molar refractivity (Wildman–Crippen MR) is 102 cm³/mol. The predicted octanol–water partition coefficient (Wildman–Crippen LogP) is 2.73. The summed E-state index contributed by atoms with van der Waals surface area (Å²) in [6, 6.07) is 12.8. The topological polar surface area (TPSA) is 110 Å². The molecule has 0 spiro atoms. The third-order valence-corrected chi connectivity index (χ3v) is 5.90. The highest BCUT2D eigenvalue weighted by Gasteiger charge is 2.17. The average Bonchev–Trinajstić information content (AvgIpc) is 2.60. The highest BCUT2D eigenvalue weighted by Crippen LogP contribution is 2.18. The minimum absolute atomic E-state index is 0.104. The molecule has 0 aliphatic heterocycles. The molecule has 0 radical (unpaired) electrons. The van der Waals surface area contributed by atoms with Gasteiger partial charge in [-0.1, -0.05) is 18.2 Å². The molecule has 0 fully saturated rings. The molecule has 0 atom stereocenters. The maximum atomic E-state index is 12.4. The first kappa shape index (κ1) is 20.4. The third kappa shape index (κ3) is 6.10. The van der Waals surface area contributed by atoms with Gasteiger partial charge in [0, 0.05) is 11.3 Å². The van der Waals surface area contributed by atoms with Crippen molar-refractivity contribution >= 4 is 27.4 Å². The van der Waals surface area contributed by atoms with Crippen LogP contribution in [0.15, 0.2) is 48.5 Å². The van der Waals surface area contributed by atoms with Crippen molar-refractivity contribution in [2.75, 3.05) is 11.9 Å². The number of amides is 1. The summed E-state index contributed by atoms with van der Waals surface area (Å²) >= 11 is 0. The van der Waals surface area contributed by atoms with Crippen LogP contribution in [0.25, 0.3) is 0 Å². The van der Waals surface area contributed by atoms with Crippen LogP contribution >= 0.6 is 0 Å². The average molecular weight is 391 g/mol. The monoisotopic (exact) mass is 391 g/mol. The molecule has 2 N–H and O–H groups in total. The number of carboxylic acid groups (broad SMARTS) is 1. The van der Waals surface area contributed by atoms with Crippen molar-refractivity contribution in [1.82, 2.24) is 0 Å². The van der Waals surface area contributed by atoms with Crippen LogP contribution in [0.4, 0.5) is 5.69 Å². The van der Waals surface area contributed by atoms with Gasteiger partial charge >= 0.3 is 5.97 Å². The number of rotatable bonds is 8. The van der Waals surface area contributed by atoms with Gasteiger partial charge in [-0.05, 0) is 49.7 Å². The Morgan fingerprint density at radius 1 is 1.11 bits per heavy atom. The van der Waals surface area contributed by atoms with Gasteiger partial charge in [-0.15, -0.1) is 0 Å². The van der Waals surface area contributed by atoms with Gasteiger partial charge < -0.3 is 15.2 Å². The Balaban J connectivity index is 2.11. The van der Waals surface area contributed by atoms with Gasteiger partial charge in [0.1, 0.15) is 5.75 Å². The van der Waals surface area contributed by atoms with Crippen LogP contribution < -0.4 is 10.1 Å². The number of hydrogen-bond acceptors (Lipinski definition) is 5. The SMILES string of the molecule is CC(C)S(=O)(=O)Cc1cccc(NC(=O)c2cccc(OCC(=O)O)c2)c1. The first-order chi connectivity index (χ1) is 12.7. The van der Waals surface area contributed by atoms with Crippen LogP contribution in [0, 0.1) is 0 Å². The Morgan fingerprint density at radius 2 is 1.81 bits per heavy atom. The van der Waals surface area contributed by atoms with Crippen LogP contribution in [0.5, 0.6) is 5.75 Å². The maximum absolute atomic E-state index is 12.4. The zero-order valence-corrected chi connectivity index (χ0v) is 15.8. The highest BCUT2D eigenvalue weighted by molar-refractivity contribution is 7.91.